The summed E-state index contributed by atoms with van der Waals surface area (Å²) in [7, 11) is -3.24. The van der Waals surface area contributed by atoms with Gasteiger partial charge in [-0.05, 0) is 49.2 Å². The lowest BCUT2D eigenvalue weighted by molar-refractivity contribution is -0.115. The van der Waals surface area contributed by atoms with E-state index in [4.69, 9.17) is 4.74 Å². The average Bonchev–Trinajstić information content (AvgIpc) is 3.16. The summed E-state index contributed by atoms with van der Waals surface area (Å²) in [5.74, 6) is 0.713. The van der Waals surface area contributed by atoms with Crippen LogP contribution in [0.1, 0.15) is 29.3 Å². The Morgan fingerprint density at radius 3 is 2.63 bits per heavy atom. The van der Waals surface area contributed by atoms with Crippen LogP contribution in [-0.4, -0.2) is 30.7 Å². The fourth-order valence-corrected chi connectivity index (χ4v) is 5.04. The molecule has 1 aliphatic heterocycles. The van der Waals surface area contributed by atoms with Crippen LogP contribution in [0.3, 0.4) is 0 Å². The molecule has 4 rings (SSSR count). The molecule has 0 radical (unpaired) electrons. The lowest BCUT2D eigenvalue weighted by Gasteiger charge is -2.12. The van der Waals surface area contributed by atoms with Crippen LogP contribution in [0.4, 0.5) is 5.82 Å². The average molecular weight is 426 g/mol. The molecule has 0 unspecified atom stereocenters. The zero-order chi connectivity index (χ0) is 21.3. The number of aromatic nitrogens is 2. The fourth-order valence-electron chi connectivity index (χ4n) is 3.55. The number of nitrogens with one attached hydrogen (secondary N) is 1. The quantitative estimate of drug-likeness (QED) is 0.655. The molecule has 1 aromatic heterocycles. The van der Waals surface area contributed by atoms with Gasteiger partial charge in [-0.25, -0.2) is 13.1 Å². The molecule has 0 saturated heterocycles. The van der Waals surface area contributed by atoms with Crippen LogP contribution in [0.5, 0.6) is 5.75 Å². The Bertz CT molecular complexity index is 1200. The Morgan fingerprint density at radius 2 is 1.93 bits per heavy atom. The van der Waals surface area contributed by atoms with E-state index in [1.165, 1.54) is 0 Å². The van der Waals surface area contributed by atoms with E-state index in [-0.39, 0.29) is 23.8 Å². The van der Waals surface area contributed by atoms with Gasteiger partial charge < -0.3 is 10.1 Å². The van der Waals surface area contributed by atoms with E-state index in [9.17, 15) is 13.2 Å². The second-order valence-corrected chi connectivity index (χ2v) is 9.42. The summed E-state index contributed by atoms with van der Waals surface area (Å²) in [6.07, 6.45) is 0.160. The van der Waals surface area contributed by atoms with Gasteiger partial charge in [0.1, 0.15) is 11.6 Å². The van der Waals surface area contributed by atoms with Gasteiger partial charge in [-0.1, -0.05) is 24.3 Å². The second kappa shape index (κ2) is 7.95. The summed E-state index contributed by atoms with van der Waals surface area (Å²) >= 11 is 0. The third-order valence-corrected chi connectivity index (χ3v) is 6.33. The predicted octanol–water partition coefficient (Wildman–Crippen LogP) is 3.19. The second-order valence-electron chi connectivity index (χ2n) is 7.36. The van der Waals surface area contributed by atoms with Crippen LogP contribution in [0.15, 0.2) is 48.5 Å². The summed E-state index contributed by atoms with van der Waals surface area (Å²) in [6, 6.07) is 15.0. The van der Waals surface area contributed by atoms with Gasteiger partial charge in [0.25, 0.3) is 0 Å². The Kier molecular flexibility index (Phi) is 5.34. The van der Waals surface area contributed by atoms with Crippen LogP contribution < -0.4 is 10.1 Å². The van der Waals surface area contributed by atoms with E-state index in [2.05, 4.69) is 10.4 Å². The van der Waals surface area contributed by atoms with Crippen LogP contribution in [0.2, 0.25) is 0 Å². The van der Waals surface area contributed by atoms with Crippen molar-refractivity contribution >= 4 is 21.6 Å². The first-order valence-electron chi connectivity index (χ1n) is 9.74. The maximum absolute atomic E-state index is 12.8. The smallest absolute Gasteiger partial charge is 0.229 e. The molecule has 7 nitrogen and oxygen atoms in total. The van der Waals surface area contributed by atoms with Crippen molar-refractivity contribution in [1.82, 2.24) is 9.78 Å². The van der Waals surface area contributed by atoms with Crippen molar-refractivity contribution in [3.05, 3.63) is 70.9 Å². The van der Waals surface area contributed by atoms with E-state index in [1.54, 1.807) is 4.68 Å². The van der Waals surface area contributed by atoms with Crippen LogP contribution >= 0.6 is 0 Å². The van der Waals surface area contributed by atoms with Gasteiger partial charge >= 0.3 is 0 Å². The van der Waals surface area contributed by atoms with E-state index in [1.807, 2.05) is 62.4 Å². The minimum atomic E-state index is -3.24. The first-order chi connectivity index (χ1) is 14.3. The van der Waals surface area contributed by atoms with Crippen molar-refractivity contribution in [2.45, 2.75) is 31.8 Å². The predicted molar refractivity (Wildman–Crippen MR) is 115 cm³/mol. The Hall–Kier alpha value is -3.13. The third kappa shape index (κ3) is 4.23. The minimum Gasteiger partial charge on any atom is -0.494 e. The van der Waals surface area contributed by atoms with Crippen molar-refractivity contribution in [1.29, 1.82) is 0 Å². The molecule has 0 spiro atoms. The molecule has 156 valence electrons. The zero-order valence-corrected chi connectivity index (χ0v) is 17.7. The lowest BCUT2D eigenvalue weighted by Crippen LogP contribution is -2.18. The molecule has 2 heterocycles. The fraction of sp³-hybridized carbons (Fsp3) is 0.273. The minimum absolute atomic E-state index is 0.108. The van der Waals surface area contributed by atoms with Gasteiger partial charge in [0.05, 0.1) is 35.9 Å². The third-order valence-electron chi connectivity index (χ3n) is 4.89. The first-order valence-corrected chi connectivity index (χ1v) is 11.6. The number of amides is 1. The number of aryl methyl sites for hydroxylation is 1. The first kappa shape index (κ1) is 20.2. The Morgan fingerprint density at radius 1 is 1.17 bits per heavy atom. The maximum atomic E-state index is 12.8. The highest BCUT2D eigenvalue weighted by molar-refractivity contribution is 7.90. The number of benzene rings is 2. The summed E-state index contributed by atoms with van der Waals surface area (Å²) in [5, 5.41) is 7.40. The number of nitrogens with zero attached hydrogens (tertiary/aromatic N) is 2. The molecule has 2 aromatic carbocycles. The van der Waals surface area contributed by atoms with Crippen LogP contribution in [0, 0.1) is 6.92 Å². The molecule has 1 amide bonds. The van der Waals surface area contributed by atoms with Crippen LogP contribution in [-0.2, 0) is 32.6 Å². The number of sulfone groups is 1. The molecule has 8 heteroatoms. The standard InChI is InChI=1S/C22H23N3O4S/c1-3-29-18-9-7-16(8-10-18)12-21(26)23-22-19-13-30(27,28)14-20(19)24-25(22)17-6-4-5-15(2)11-17/h4-11H,3,12-14H2,1-2H3,(H,23,26). The number of anilines is 1. The highest BCUT2D eigenvalue weighted by Gasteiger charge is 2.33. The number of rotatable bonds is 6. The monoisotopic (exact) mass is 425 g/mol. The zero-order valence-electron chi connectivity index (χ0n) is 16.9. The van der Waals surface area contributed by atoms with Gasteiger partial charge in [-0.2, -0.15) is 5.10 Å². The molecule has 30 heavy (non-hydrogen) atoms. The van der Waals surface area contributed by atoms with Crippen molar-refractivity contribution in [2.75, 3.05) is 11.9 Å². The van der Waals surface area contributed by atoms with E-state index >= 15 is 0 Å². The van der Waals surface area contributed by atoms with Crippen molar-refractivity contribution in [2.24, 2.45) is 0 Å². The topological polar surface area (TPSA) is 90.3 Å². The maximum Gasteiger partial charge on any atom is 0.229 e. The highest BCUT2D eigenvalue weighted by atomic mass is 32.2. The SMILES string of the molecule is CCOc1ccc(CC(=O)Nc2c3c(nn2-c2cccc(C)c2)CS(=O)(=O)C3)cc1. The number of carbonyl (C=O) groups is 1. The van der Waals surface area contributed by atoms with Gasteiger partial charge in [0.2, 0.25) is 5.91 Å². The van der Waals surface area contributed by atoms with Crippen LogP contribution in [0.25, 0.3) is 5.69 Å². The van der Waals surface area contributed by atoms with Gasteiger partial charge in [0.15, 0.2) is 9.84 Å². The molecule has 3 aromatic rings. The highest BCUT2D eigenvalue weighted by Crippen LogP contribution is 2.33. The largest absolute Gasteiger partial charge is 0.494 e. The molecule has 0 saturated carbocycles. The summed E-state index contributed by atoms with van der Waals surface area (Å²) in [4.78, 5) is 12.8. The lowest BCUT2D eigenvalue weighted by atomic mass is 10.1. The van der Waals surface area contributed by atoms with Gasteiger partial charge in [-0.3, -0.25) is 4.79 Å². The van der Waals surface area contributed by atoms with Crippen molar-refractivity contribution in [3.8, 4) is 11.4 Å². The molecule has 1 aliphatic rings. The van der Waals surface area contributed by atoms with Gasteiger partial charge in [-0.15, -0.1) is 0 Å². The summed E-state index contributed by atoms with van der Waals surface area (Å²) in [6.45, 7) is 4.46. The molecule has 0 bridgehead atoms. The van der Waals surface area contributed by atoms with E-state index < -0.39 is 9.84 Å². The normalized spacial score (nSPS) is 14.3. The molecule has 1 N–H and O–H groups in total. The molecule has 0 fully saturated rings. The number of hydrogen-bond acceptors (Lipinski definition) is 5. The molecular formula is C22H23N3O4S. The van der Waals surface area contributed by atoms with E-state index in [0.29, 0.717) is 23.7 Å². The Labute approximate surface area is 175 Å². The van der Waals surface area contributed by atoms with Crippen molar-refractivity contribution < 1.29 is 17.9 Å². The molecule has 0 aliphatic carbocycles. The molecular weight excluding hydrogens is 402 g/mol. The van der Waals surface area contributed by atoms with E-state index in [0.717, 1.165) is 22.6 Å². The molecule has 0 atom stereocenters. The number of fused-ring (bicyclic) bond motifs is 1. The van der Waals surface area contributed by atoms with Gasteiger partial charge in [0, 0.05) is 5.56 Å². The summed E-state index contributed by atoms with van der Waals surface area (Å²) in [5.41, 5.74) is 3.71. The summed E-state index contributed by atoms with van der Waals surface area (Å²) < 4.78 is 31.2. The number of ether oxygens (including phenoxy) is 1. The number of hydrogen-bond donors (Lipinski definition) is 1. The number of carbonyl (C=O) groups excluding carboxylic acids is 1. The Balaban J connectivity index is 1.61. The van der Waals surface area contributed by atoms with Crippen molar-refractivity contribution in [3.63, 3.8) is 0 Å².